The summed E-state index contributed by atoms with van der Waals surface area (Å²) in [5.74, 6) is 1.21. The van der Waals surface area contributed by atoms with Gasteiger partial charge in [-0.3, -0.25) is 0 Å². The minimum Gasteiger partial charge on any atom is -0.323 e. The molecule has 29 heavy (non-hydrogen) atoms. The van der Waals surface area contributed by atoms with Crippen molar-refractivity contribution in [3.05, 3.63) is 102 Å². The molecule has 0 unspecified atom stereocenters. The van der Waals surface area contributed by atoms with E-state index in [1.54, 1.807) is 0 Å². The zero-order valence-corrected chi connectivity index (χ0v) is 16.6. The summed E-state index contributed by atoms with van der Waals surface area (Å²) >= 11 is 0. The summed E-state index contributed by atoms with van der Waals surface area (Å²) in [5, 5.41) is 0. The Morgan fingerprint density at radius 3 is 2.52 bits per heavy atom. The predicted octanol–water partition coefficient (Wildman–Crippen LogP) is 5.10. The first-order chi connectivity index (χ1) is 14.2. The Hall–Kier alpha value is -3.59. The lowest BCUT2D eigenvalue weighted by atomic mass is 9.98. The maximum absolute atomic E-state index is 2.40. The Morgan fingerprint density at radius 1 is 0.828 bits per heavy atom. The topological polar surface area (TPSA) is 13.2 Å². The number of imidazole rings is 1. The predicted molar refractivity (Wildman–Crippen MR) is 116 cm³/mol. The van der Waals surface area contributed by atoms with Crippen molar-refractivity contribution in [3.8, 4) is 28.2 Å². The Balaban J connectivity index is 1.53. The monoisotopic (exact) mass is 376 g/mol. The third-order valence-electron chi connectivity index (χ3n) is 6.15. The van der Waals surface area contributed by atoms with Gasteiger partial charge >= 0.3 is 0 Å². The van der Waals surface area contributed by atoms with E-state index in [2.05, 4.69) is 113 Å². The smallest absolute Gasteiger partial charge is 0.294 e. The average molecular weight is 376 g/mol. The molecular weight excluding hydrogens is 354 g/mol. The second-order valence-electron chi connectivity index (χ2n) is 7.99. The van der Waals surface area contributed by atoms with E-state index in [1.165, 1.54) is 50.4 Å². The van der Waals surface area contributed by atoms with Crippen LogP contribution in [-0.2, 0) is 13.5 Å². The molecule has 6 rings (SSSR count). The molecule has 0 saturated carbocycles. The van der Waals surface area contributed by atoms with Crippen LogP contribution in [0.2, 0.25) is 0 Å². The summed E-state index contributed by atoms with van der Waals surface area (Å²) < 4.78 is 6.71. The molecule has 0 N–H and O–H groups in total. The summed E-state index contributed by atoms with van der Waals surface area (Å²) in [6.07, 6.45) is 9.68. The van der Waals surface area contributed by atoms with E-state index in [0.717, 1.165) is 6.42 Å². The number of para-hydroxylation sites is 1. The molecule has 3 heteroatoms. The largest absolute Gasteiger partial charge is 0.323 e. The van der Waals surface area contributed by atoms with Gasteiger partial charge in [0.15, 0.2) is 0 Å². The lowest BCUT2D eigenvalue weighted by Gasteiger charge is -2.10. The van der Waals surface area contributed by atoms with Gasteiger partial charge in [0.25, 0.3) is 5.82 Å². The molecular formula is C26H22N3+. The number of hydrogen-bond acceptors (Lipinski definition) is 0. The van der Waals surface area contributed by atoms with Crippen LogP contribution in [0.25, 0.3) is 33.7 Å². The van der Waals surface area contributed by atoms with Gasteiger partial charge in [0, 0.05) is 23.5 Å². The molecule has 0 spiro atoms. The quantitative estimate of drug-likeness (QED) is 0.373. The fourth-order valence-corrected chi connectivity index (χ4v) is 4.70. The van der Waals surface area contributed by atoms with E-state index >= 15 is 0 Å². The molecule has 140 valence electrons. The van der Waals surface area contributed by atoms with Crippen molar-refractivity contribution in [1.82, 2.24) is 8.97 Å². The Kier molecular flexibility index (Phi) is 3.36. The van der Waals surface area contributed by atoms with Crippen LogP contribution in [0.1, 0.15) is 16.7 Å². The van der Waals surface area contributed by atoms with Crippen LogP contribution < -0.4 is 4.57 Å². The summed E-state index contributed by atoms with van der Waals surface area (Å²) in [5.41, 5.74) is 10.6. The molecule has 0 bridgehead atoms. The van der Waals surface area contributed by atoms with E-state index in [0.29, 0.717) is 0 Å². The highest BCUT2D eigenvalue weighted by Crippen LogP contribution is 2.40. The molecule has 0 atom stereocenters. The van der Waals surface area contributed by atoms with Crippen LogP contribution in [0.3, 0.4) is 0 Å². The zero-order valence-electron chi connectivity index (χ0n) is 16.6. The average Bonchev–Trinajstić information content (AvgIpc) is 3.43. The van der Waals surface area contributed by atoms with Gasteiger partial charge in [-0.15, -0.1) is 0 Å². The summed E-state index contributed by atoms with van der Waals surface area (Å²) in [6.45, 7) is 2.23. The Bertz CT molecular complexity index is 1390. The van der Waals surface area contributed by atoms with Crippen LogP contribution >= 0.6 is 0 Å². The van der Waals surface area contributed by atoms with Crippen molar-refractivity contribution in [1.29, 1.82) is 0 Å². The molecule has 0 fully saturated rings. The van der Waals surface area contributed by atoms with E-state index in [4.69, 9.17) is 0 Å². The van der Waals surface area contributed by atoms with Crippen molar-refractivity contribution < 1.29 is 4.57 Å². The van der Waals surface area contributed by atoms with Crippen LogP contribution in [0.4, 0.5) is 0 Å². The van der Waals surface area contributed by atoms with Crippen molar-refractivity contribution in [2.24, 2.45) is 7.05 Å². The lowest BCUT2D eigenvalue weighted by Crippen LogP contribution is -2.29. The highest BCUT2D eigenvalue weighted by atomic mass is 15.1. The Morgan fingerprint density at radius 2 is 1.66 bits per heavy atom. The molecule has 0 amide bonds. The summed E-state index contributed by atoms with van der Waals surface area (Å²) in [6, 6.07) is 21.9. The normalized spacial score (nSPS) is 12.3. The first kappa shape index (κ1) is 16.4. The molecule has 3 nitrogen and oxygen atoms in total. The van der Waals surface area contributed by atoms with Gasteiger partial charge < -0.3 is 4.40 Å². The first-order valence-electron chi connectivity index (χ1n) is 10.1. The van der Waals surface area contributed by atoms with Crippen molar-refractivity contribution in [3.63, 3.8) is 0 Å². The van der Waals surface area contributed by atoms with Gasteiger partial charge in [0.2, 0.25) is 0 Å². The van der Waals surface area contributed by atoms with E-state index in [9.17, 15) is 0 Å². The number of benzene rings is 2. The van der Waals surface area contributed by atoms with Gasteiger partial charge in [-0.25, -0.2) is 4.57 Å². The Labute approximate surface area is 170 Å². The second-order valence-corrected chi connectivity index (χ2v) is 7.99. The van der Waals surface area contributed by atoms with Crippen molar-refractivity contribution >= 4 is 5.52 Å². The number of aryl methyl sites for hydroxylation is 2. The van der Waals surface area contributed by atoms with E-state index < -0.39 is 0 Å². The highest BCUT2D eigenvalue weighted by Gasteiger charge is 2.26. The van der Waals surface area contributed by atoms with Crippen LogP contribution in [-0.4, -0.2) is 8.97 Å². The molecule has 1 aliphatic carbocycles. The second kappa shape index (κ2) is 5.95. The van der Waals surface area contributed by atoms with Gasteiger partial charge in [0.1, 0.15) is 18.1 Å². The van der Waals surface area contributed by atoms with Gasteiger partial charge in [-0.05, 0) is 72.0 Å². The molecule has 1 aliphatic rings. The SMILES string of the molecule is Cc1cc2c(cc1-c1n(-c3ccccc3)cc[n+]1C)Cc1cc3cccn3cc1-2. The number of hydrogen-bond donors (Lipinski definition) is 0. The highest BCUT2D eigenvalue weighted by molar-refractivity contribution is 5.82. The maximum atomic E-state index is 2.40. The number of aromatic nitrogens is 3. The third kappa shape index (κ3) is 2.40. The van der Waals surface area contributed by atoms with Gasteiger partial charge in [-0.2, -0.15) is 4.57 Å². The summed E-state index contributed by atoms with van der Waals surface area (Å²) in [7, 11) is 2.12. The van der Waals surface area contributed by atoms with Crippen LogP contribution in [0.5, 0.6) is 0 Å². The minimum absolute atomic E-state index is 0.995. The standard InChI is InChI=1S/C26H22N3/c1-18-13-24-20(14-19-15-22-9-6-10-28(22)17-25(19)24)16-23(18)26-27(2)11-12-29(26)21-7-4-3-5-8-21/h3-13,15-17H,14H2,1-2H3/q+1. The first-order valence-corrected chi connectivity index (χ1v) is 10.1. The number of rotatable bonds is 2. The maximum Gasteiger partial charge on any atom is 0.294 e. The minimum atomic E-state index is 0.995. The van der Waals surface area contributed by atoms with Gasteiger partial charge in [-0.1, -0.05) is 24.3 Å². The number of fused-ring (bicyclic) bond motifs is 4. The fourth-order valence-electron chi connectivity index (χ4n) is 4.70. The summed E-state index contributed by atoms with van der Waals surface area (Å²) in [4.78, 5) is 0. The number of pyridine rings is 1. The molecule has 0 aliphatic heterocycles. The van der Waals surface area contributed by atoms with E-state index in [1.807, 2.05) is 0 Å². The molecule has 3 aromatic heterocycles. The molecule has 0 saturated heterocycles. The van der Waals surface area contributed by atoms with Gasteiger partial charge in [0.05, 0.1) is 12.6 Å². The van der Waals surface area contributed by atoms with Crippen molar-refractivity contribution in [2.45, 2.75) is 13.3 Å². The third-order valence-corrected chi connectivity index (χ3v) is 6.15. The van der Waals surface area contributed by atoms with Crippen LogP contribution in [0, 0.1) is 6.92 Å². The molecule has 2 aromatic carbocycles. The lowest BCUT2D eigenvalue weighted by molar-refractivity contribution is -0.659. The molecule has 5 aromatic rings. The van der Waals surface area contributed by atoms with Crippen molar-refractivity contribution in [2.75, 3.05) is 0 Å². The molecule has 3 heterocycles. The van der Waals surface area contributed by atoms with Crippen LogP contribution in [0.15, 0.2) is 85.5 Å². The number of nitrogens with zero attached hydrogens (tertiary/aromatic N) is 3. The molecule has 0 radical (unpaired) electrons. The fraction of sp³-hybridized carbons (Fsp3) is 0.115. The van der Waals surface area contributed by atoms with E-state index in [-0.39, 0.29) is 0 Å². The zero-order chi connectivity index (χ0) is 19.5.